The molecule has 7 heterocycles. The number of halogens is 12. The van der Waals surface area contributed by atoms with E-state index < -0.39 is 70.5 Å². The Bertz CT molecular complexity index is 6890. The Labute approximate surface area is 850 Å². The van der Waals surface area contributed by atoms with E-state index in [9.17, 15) is 51.5 Å². The van der Waals surface area contributed by atoms with E-state index in [1.54, 1.807) is 44.4 Å². The third-order valence-corrected chi connectivity index (χ3v) is 23.3. The van der Waals surface area contributed by atoms with Crippen LogP contribution in [0, 0.1) is 39.5 Å². The topological polar surface area (TPSA) is 418 Å². The van der Waals surface area contributed by atoms with Gasteiger partial charge in [-0.25, -0.2) is 37.5 Å². The Balaban J connectivity index is 0.000000169. The largest absolute Gasteiger partial charge is 0.494 e. The van der Waals surface area contributed by atoms with Crippen molar-refractivity contribution in [3.63, 3.8) is 0 Å². The molecule has 0 saturated carbocycles. The number of nitrogens with one attached hydrogen (secondary N) is 11. The SMILES string of the molecule is COc1cc(Cl)cc(C(=O)Nc2ccc(Cl)cn2)c1NC(=O)c1ccc(C(=N)N(C)C)cc1F.COc1cc(Cl)cc(C(=O)Nc2ccc(Cl)cn2)c1NC(=O)c1ccc(C(=N)N2CCCC2)cc1F.COc1cc(Cl)cc(C(=O)Nc2ccc(Cl)cn2)c1NC(=O)c1ccc(C(=N)N2CCCCC2)cc1F.COc1cc(Cl)cc(C(=O)Nc2ccc(Cl)cn2)c1NC(=O)c1ccc(C2=NCCN2C)cc1F. The molecule has 44 heteroatoms. The van der Waals surface area contributed by atoms with Crippen LogP contribution < -0.4 is 61.5 Å². The molecule has 8 aromatic carbocycles. The molecule has 0 bridgehead atoms. The summed E-state index contributed by atoms with van der Waals surface area (Å²) in [5.41, 5.74) is 0.613. The lowest BCUT2D eigenvalue weighted by molar-refractivity contribution is 0.100. The van der Waals surface area contributed by atoms with Gasteiger partial charge in [-0.3, -0.25) is 59.6 Å². The van der Waals surface area contributed by atoms with E-state index >= 15 is 4.39 Å². The highest BCUT2D eigenvalue weighted by molar-refractivity contribution is 6.35. The molecule has 3 aliphatic rings. The molecule has 2 fully saturated rings. The minimum absolute atomic E-state index is 0.00147. The average molecular weight is 2100 g/mol. The summed E-state index contributed by atoms with van der Waals surface area (Å²) < 4.78 is 80.9. The molecule has 2 saturated heterocycles. The van der Waals surface area contributed by atoms with Gasteiger partial charge in [-0.2, -0.15) is 0 Å². The zero-order valence-electron chi connectivity index (χ0n) is 76.2. The monoisotopic (exact) mass is 2090 g/mol. The molecule has 0 spiro atoms. The summed E-state index contributed by atoms with van der Waals surface area (Å²) in [6.07, 6.45) is 10.5. The summed E-state index contributed by atoms with van der Waals surface area (Å²) in [4.78, 5) is 132. The van der Waals surface area contributed by atoms with E-state index in [0.717, 1.165) is 77.0 Å². The molecular formula is C98H86Cl8F4N20O12. The number of likely N-dealkylation sites (tertiary alicyclic amines) is 2. The lowest BCUT2D eigenvalue weighted by Gasteiger charge is -2.29. The normalized spacial score (nSPS) is 12.3. The highest BCUT2D eigenvalue weighted by Crippen LogP contribution is 2.40. The Morgan fingerprint density at radius 1 is 0.324 bits per heavy atom. The predicted molar refractivity (Wildman–Crippen MR) is 543 cm³/mol. The smallest absolute Gasteiger partial charge is 0.259 e. The number of nitrogens with zero attached hydrogens (tertiary/aromatic N) is 9. The number of pyridine rings is 4. The zero-order valence-corrected chi connectivity index (χ0v) is 82.3. The number of aliphatic imine (C=N–C) groups is 1. The van der Waals surface area contributed by atoms with E-state index in [4.69, 9.17) is 128 Å². The van der Waals surface area contributed by atoms with Gasteiger partial charge >= 0.3 is 0 Å². The first-order valence-electron chi connectivity index (χ1n) is 42.8. The molecule has 0 atom stereocenters. The summed E-state index contributed by atoms with van der Waals surface area (Å²) in [7, 11) is 10.6. The Morgan fingerprint density at radius 3 is 0.845 bits per heavy atom. The lowest BCUT2D eigenvalue weighted by atomic mass is 10.1. The van der Waals surface area contributed by atoms with Gasteiger partial charge in [0.15, 0.2) is 0 Å². The first-order chi connectivity index (χ1) is 67.9. The Hall–Kier alpha value is -14.8. The van der Waals surface area contributed by atoms with Crippen molar-refractivity contribution in [2.24, 2.45) is 4.99 Å². The van der Waals surface area contributed by atoms with Gasteiger partial charge < -0.3 is 81.1 Å². The fourth-order valence-corrected chi connectivity index (χ4v) is 15.6. The molecule has 4 aromatic heterocycles. The standard InChI is InChI=1S/C26H24Cl2FN5O3.C25H22Cl2FN5O3.C24H20Cl2FN5O3.C23H20Cl2FN5O3/c1-37-21-13-17(28)12-19(26(36)32-22-8-6-16(27)14-31-22)23(21)33-25(35)18-7-5-15(11-20(18)29)24(30)34-9-3-2-4-10-34;1-36-20-12-16(27)11-18(25(35)31-21-7-5-15(26)13-30-21)22(20)32-24(34)17-6-4-14(10-19(17)28)23(29)33-8-2-3-9-33;1-32-8-7-28-22(32)13-3-5-16(18(27)9-13)23(33)31-21-17(10-15(26)11-19(21)35-2)24(34)30-20-6-4-14(25)12-29-20;1-31(2)21(27)12-4-6-15(17(26)8-12)22(32)30-20-16(9-14(25)10-18(20)34-3)23(33)29-19-7-5-13(24)11-28-19/h5-8,11-14,30H,2-4,9-10H2,1H3,(H,33,35)(H,31,32,36);4-7,10-13,29H,2-3,8-9H2,1H3,(H,32,34)(H,30,31,35);3-6,9-12H,7-8H2,1-2H3,(H,31,33)(H,29,30,34);4-11,27H,1-3H3,(H,30,32)(H,28,29,33). The third kappa shape index (κ3) is 27.3. The van der Waals surface area contributed by atoms with Gasteiger partial charge in [-0.05, 0) is 153 Å². The van der Waals surface area contributed by atoms with Crippen molar-refractivity contribution in [1.29, 1.82) is 16.2 Å². The van der Waals surface area contributed by atoms with E-state index in [0.29, 0.717) is 54.7 Å². The quantitative estimate of drug-likeness (QED) is 0.0152. The number of amidine groups is 4. The van der Waals surface area contributed by atoms with Crippen LogP contribution in [0.3, 0.4) is 0 Å². The number of piperidine rings is 1. The number of aromatic nitrogens is 4. The Morgan fingerprint density at radius 2 is 0.592 bits per heavy atom. The number of methoxy groups -OCH3 is 4. The first kappa shape index (κ1) is 106. The number of hydrogen-bond donors (Lipinski definition) is 11. The first-order valence-corrected chi connectivity index (χ1v) is 45.8. The fourth-order valence-electron chi connectivity index (χ4n) is 14.4. The molecule has 15 rings (SSSR count). The summed E-state index contributed by atoms with van der Waals surface area (Å²) in [6, 6.07) is 39.4. The number of amides is 8. The van der Waals surface area contributed by atoms with Crippen LogP contribution in [0.2, 0.25) is 40.2 Å². The number of hydrogen-bond acceptors (Lipinski definition) is 21. The van der Waals surface area contributed by atoms with Crippen LogP contribution in [-0.2, 0) is 0 Å². The molecule has 0 radical (unpaired) electrons. The number of benzene rings is 8. The van der Waals surface area contributed by atoms with Crippen LogP contribution in [0.4, 0.5) is 63.6 Å². The van der Waals surface area contributed by atoms with Gasteiger partial charge in [0, 0.05) is 145 Å². The minimum Gasteiger partial charge on any atom is -0.494 e. The number of rotatable bonds is 24. The van der Waals surface area contributed by atoms with Crippen LogP contribution >= 0.6 is 92.8 Å². The van der Waals surface area contributed by atoms with Gasteiger partial charge in [0.25, 0.3) is 47.3 Å². The van der Waals surface area contributed by atoms with Crippen LogP contribution in [0.15, 0.2) is 200 Å². The summed E-state index contributed by atoms with van der Waals surface area (Å²) in [5, 5.41) is 47.7. The maximum atomic E-state index is 15.0. The molecule has 12 aromatic rings. The van der Waals surface area contributed by atoms with Gasteiger partial charge in [-0.15, -0.1) is 0 Å². The van der Waals surface area contributed by atoms with Crippen molar-refractivity contribution in [2.75, 3.05) is 131 Å². The van der Waals surface area contributed by atoms with Gasteiger partial charge in [0.2, 0.25) is 0 Å². The van der Waals surface area contributed by atoms with Crippen molar-refractivity contribution in [1.82, 2.24) is 39.5 Å². The van der Waals surface area contributed by atoms with Gasteiger partial charge in [0.1, 0.15) is 92.9 Å². The number of carbonyl (C=O) groups is 8. The maximum absolute atomic E-state index is 15.0. The second kappa shape index (κ2) is 48.9. The molecule has 0 unspecified atom stereocenters. The Kier molecular flexibility index (Phi) is 36.5. The molecule has 3 aliphatic heterocycles. The third-order valence-electron chi connectivity index (χ3n) is 21.5. The van der Waals surface area contributed by atoms with Crippen LogP contribution in [0.25, 0.3) is 0 Å². The molecule has 142 heavy (non-hydrogen) atoms. The number of anilines is 8. The molecule has 0 aliphatic carbocycles. The number of likely N-dealkylation sites (N-methyl/N-ethyl adjacent to an activating group) is 1. The van der Waals surface area contributed by atoms with Crippen LogP contribution in [0.5, 0.6) is 23.0 Å². The highest BCUT2D eigenvalue weighted by atomic mass is 35.5. The lowest BCUT2D eigenvalue weighted by Crippen LogP contribution is -2.35. The van der Waals surface area contributed by atoms with Crippen molar-refractivity contribution in [3.8, 4) is 23.0 Å². The molecule has 8 amide bonds. The van der Waals surface area contributed by atoms with E-state index in [-0.39, 0.29) is 151 Å². The number of carbonyl (C=O) groups excluding carboxylic acids is 8. The van der Waals surface area contributed by atoms with Gasteiger partial charge in [-0.1, -0.05) is 117 Å². The second-order valence-corrected chi connectivity index (χ2v) is 34.8. The van der Waals surface area contributed by atoms with Crippen molar-refractivity contribution >= 4 is 209 Å². The molecule has 32 nitrogen and oxygen atoms in total. The molecule has 734 valence electrons. The summed E-state index contributed by atoms with van der Waals surface area (Å²) in [5.74, 6) is -6.32. The summed E-state index contributed by atoms with van der Waals surface area (Å²) >= 11 is 48.0. The van der Waals surface area contributed by atoms with E-state index in [1.165, 1.54) is 186 Å². The molecule has 11 N–H and O–H groups in total. The van der Waals surface area contributed by atoms with E-state index in [2.05, 4.69) is 67.5 Å². The predicted octanol–water partition coefficient (Wildman–Crippen LogP) is 21.0. The van der Waals surface area contributed by atoms with Crippen LogP contribution in [0.1, 0.15) is 137 Å². The van der Waals surface area contributed by atoms with Crippen molar-refractivity contribution in [2.45, 2.75) is 32.1 Å². The van der Waals surface area contributed by atoms with Crippen LogP contribution in [-0.4, -0.2) is 199 Å². The summed E-state index contributed by atoms with van der Waals surface area (Å²) in [6.45, 7) is 4.35. The highest BCUT2D eigenvalue weighted by Gasteiger charge is 2.31. The maximum Gasteiger partial charge on any atom is 0.259 e. The molecular weight excluding hydrogens is 2010 g/mol. The van der Waals surface area contributed by atoms with E-state index in [1.807, 2.05) is 21.7 Å². The average Bonchev–Trinajstić information content (AvgIpc) is 0.868. The van der Waals surface area contributed by atoms with Gasteiger partial charge in [0.05, 0.1) is 122 Å². The second-order valence-electron chi connectivity index (χ2n) is 31.3. The zero-order chi connectivity index (χ0) is 102. The number of ether oxygens (including phenoxy) is 4. The fraction of sp³-hybridized carbons (Fsp3) is 0.184. The van der Waals surface area contributed by atoms with Crippen molar-refractivity contribution in [3.05, 3.63) is 325 Å². The van der Waals surface area contributed by atoms with Crippen molar-refractivity contribution < 1.29 is 74.9 Å². The minimum atomic E-state index is -0.828.